The van der Waals surface area contributed by atoms with E-state index in [-0.39, 0.29) is 5.82 Å². The number of likely N-dealkylation sites (tertiary alicyclic amines) is 1. The summed E-state index contributed by atoms with van der Waals surface area (Å²) in [5.41, 5.74) is 1.21. The van der Waals surface area contributed by atoms with Gasteiger partial charge in [0.2, 0.25) is 0 Å². The molecule has 1 aromatic heterocycles. The van der Waals surface area contributed by atoms with Gasteiger partial charge in [0.25, 0.3) is 0 Å². The molecule has 0 spiro atoms. The second kappa shape index (κ2) is 10.0. The van der Waals surface area contributed by atoms with E-state index in [1.807, 2.05) is 31.1 Å². The Kier molecular flexibility index (Phi) is 7.69. The number of hydrogen-bond acceptors (Lipinski definition) is 5. The average Bonchev–Trinajstić information content (AvgIpc) is 3.02. The lowest BCUT2D eigenvalue weighted by molar-refractivity contribution is 0.142. The van der Waals surface area contributed by atoms with E-state index in [0.717, 1.165) is 49.2 Å². The number of aromatic nitrogens is 1. The molecule has 0 saturated carbocycles. The minimum atomic E-state index is -0.163. The Morgan fingerprint density at radius 1 is 1.25 bits per heavy atom. The summed E-state index contributed by atoms with van der Waals surface area (Å²) in [4.78, 5) is 12.5. The molecule has 7 heteroatoms. The summed E-state index contributed by atoms with van der Waals surface area (Å²) >= 11 is 7.99. The van der Waals surface area contributed by atoms with E-state index in [1.54, 1.807) is 23.5 Å². The number of halogens is 2. The molecule has 0 aliphatic carbocycles. The van der Waals surface area contributed by atoms with Crippen molar-refractivity contribution in [2.45, 2.75) is 25.8 Å². The molecule has 0 radical (unpaired) electrons. The third-order valence-electron chi connectivity index (χ3n) is 5.24. The first-order chi connectivity index (χ1) is 13.4. The lowest BCUT2D eigenvalue weighted by Crippen LogP contribution is -2.40. The smallest absolute Gasteiger partial charge is 0.186 e. The zero-order chi connectivity index (χ0) is 20.1. The summed E-state index contributed by atoms with van der Waals surface area (Å²) in [5, 5.41) is 1.59. The Morgan fingerprint density at radius 3 is 2.68 bits per heavy atom. The standard InChI is InChI=1S/C21H30ClFN4S/c1-25(2)21-24-20(22)19(28-21)15-26(3)13-17-5-4-11-27(14-17)12-10-16-6-8-18(23)9-7-16/h6-9,17H,4-5,10-15H2,1-3H3/t17-/m0/s1. The first-order valence-electron chi connectivity index (χ1n) is 9.88. The minimum absolute atomic E-state index is 0.163. The van der Waals surface area contributed by atoms with Crippen LogP contribution in [-0.2, 0) is 13.0 Å². The highest BCUT2D eigenvalue weighted by molar-refractivity contribution is 7.16. The fourth-order valence-corrected chi connectivity index (χ4v) is 5.06. The number of piperidine rings is 1. The van der Waals surface area contributed by atoms with E-state index in [2.05, 4.69) is 21.8 Å². The number of thiazole rings is 1. The summed E-state index contributed by atoms with van der Waals surface area (Å²) in [6.45, 7) is 5.24. The van der Waals surface area contributed by atoms with Crippen molar-refractivity contribution in [3.05, 3.63) is 45.7 Å². The van der Waals surface area contributed by atoms with Crippen LogP contribution >= 0.6 is 22.9 Å². The maximum Gasteiger partial charge on any atom is 0.186 e. The van der Waals surface area contributed by atoms with Gasteiger partial charge in [-0.15, -0.1) is 0 Å². The molecule has 1 atom stereocenters. The Hall–Kier alpha value is -1.21. The molecule has 0 bridgehead atoms. The second-order valence-electron chi connectivity index (χ2n) is 7.99. The molecule has 154 valence electrons. The molecule has 1 aliphatic heterocycles. The number of rotatable bonds is 8. The summed E-state index contributed by atoms with van der Waals surface area (Å²) in [7, 11) is 6.15. The van der Waals surface area contributed by atoms with Crippen molar-refractivity contribution < 1.29 is 4.39 Å². The summed E-state index contributed by atoms with van der Waals surface area (Å²) < 4.78 is 13.0. The fourth-order valence-electron chi connectivity index (χ4n) is 3.80. The molecule has 1 fully saturated rings. The summed E-state index contributed by atoms with van der Waals surface area (Å²) in [6, 6.07) is 6.89. The molecule has 0 N–H and O–H groups in total. The van der Waals surface area contributed by atoms with Crippen LogP contribution in [-0.4, -0.2) is 62.1 Å². The maximum absolute atomic E-state index is 13.0. The third kappa shape index (κ3) is 6.14. The SMILES string of the molecule is CN(Cc1sc(N(C)C)nc1Cl)C[C@@H]1CCCN(CCc2ccc(F)cc2)C1. The van der Waals surface area contributed by atoms with Crippen LogP contribution < -0.4 is 4.90 Å². The fraction of sp³-hybridized carbons (Fsp3) is 0.571. The van der Waals surface area contributed by atoms with Crippen molar-refractivity contribution in [2.24, 2.45) is 5.92 Å². The van der Waals surface area contributed by atoms with Crippen molar-refractivity contribution >= 4 is 28.1 Å². The Bertz CT molecular complexity index is 749. The predicted molar refractivity (Wildman–Crippen MR) is 117 cm³/mol. The largest absolute Gasteiger partial charge is 0.354 e. The topological polar surface area (TPSA) is 22.6 Å². The zero-order valence-corrected chi connectivity index (χ0v) is 18.6. The van der Waals surface area contributed by atoms with Gasteiger partial charge in [-0.2, -0.15) is 0 Å². The average molecular weight is 425 g/mol. The van der Waals surface area contributed by atoms with Gasteiger partial charge in [-0.25, -0.2) is 9.37 Å². The van der Waals surface area contributed by atoms with Crippen LogP contribution in [0, 0.1) is 11.7 Å². The Balaban J connectivity index is 1.46. The highest BCUT2D eigenvalue weighted by Gasteiger charge is 2.22. The van der Waals surface area contributed by atoms with Crippen LogP contribution in [0.2, 0.25) is 5.15 Å². The van der Waals surface area contributed by atoms with Crippen molar-refractivity contribution in [1.82, 2.24) is 14.8 Å². The molecule has 0 unspecified atom stereocenters. The van der Waals surface area contributed by atoms with E-state index in [9.17, 15) is 4.39 Å². The highest BCUT2D eigenvalue weighted by atomic mass is 35.5. The molecule has 1 aliphatic rings. The molecule has 2 heterocycles. The number of hydrogen-bond donors (Lipinski definition) is 0. The molecule has 28 heavy (non-hydrogen) atoms. The minimum Gasteiger partial charge on any atom is -0.354 e. The Labute approximate surface area is 176 Å². The molecular weight excluding hydrogens is 395 g/mol. The summed E-state index contributed by atoms with van der Waals surface area (Å²) in [6.07, 6.45) is 3.50. The number of anilines is 1. The van der Waals surface area contributed by atoms with E-state index in [0.29, 0.717) is 11.1 Å². The number of nitrogens with zero attached hydrogens (tertiary/aromatic N) is 4. The highest BCUT2D eigenvalue weighted by Crippen LogP contribution is 2.30. The van der Waals surface area contributed by atoms with Gasteiger partial charge in [0.15, 0.2) is 5.13 Å². The first kappa shape index (κ1) is 21.5. The monoisotopic (exact) mass is 424 g/mol. The van der Waals surface area contributed by atoms with E-state index < -0.39 is 0 Å². The van der Waals surface area contributed by atoms with Crippen LogP contribution in [0.25, 0.3) is 0 Å². The van der Waals surface area contributed by atoms with Gasteiger partial charge in [0.1, 0.15) is 11.0 Å². The van der Waals surface area contributed by atoms with Gasteiger partial charge in [0, 0.05) is 40.3 Å². The first-order valence-corrected chi connectivity index (χ1v) is 11.1. The molecule has 0 amide bonds. The third-order valence-corrected chi connectivity index (χ3v) is 6.87. The van der Waals surface area contributed by atoms with Crippen LogP contribution in [0.1, 0.15) is 23.3 Å². The van der Waals surface area contributed by atoms with E-state index >= 15 is 0 Å². The molecule has 4 nitrogen and oxygen atoms in total. The van der Waals surface area contributed by atoms with Crippen LogP contribution in [0.15, 0.2) is 24.3 Å². The van der Waals surface area contributed by atoms with Gasteiger partial charge in [-0.3, -0.25) is 0 Å². The van der Waals surface area contributed by atoms with Gasteiger partial charge < -0.3 is 14.7 Å². The maximum atomic E-state index is 13.0. The van der Waals surface area contributed by atoms with Gasteiger partial charge in [-0.05, 0) is 56.5 Å². The zero-order valence-electron chi connectivity index (χ0n) is 17.0. The normalized spacial score (nSPS) is 18.0. The molecule has 2 aromatic rings. The van der Waals surface area contributed by atoms with Crippen molar-refractivity contribution in [2.75, 3.05) is 52.2 Å². The molecule has 1 aromatic carbocycles. The predicted octanol–water partition coefficient (Wildman–Crippen LogP) is 4.39. The van der Waals surface area contributed by atoms with Gasteiger partial charge in [-0.1, -0.05) is 35.1 Å². The van der Waals surface area contributed by atoms with Gasteiger partial charge >= 0.3 is 0 Å². The lowest BCUT2D eigenvalue weighted by atomic mass is 9.97. The van der Waals surface area contributed by atoms with E-state index in [1.165, 1.54) is 18.4 Å². The van der Waals surface area contributed by atoms with Gasteiger partial charge in [0.05, 0.1) is 4.88 Å². The molecule has 1 saturated heterocycles. The summed E-state index contributed by atoms with van der Waals surface area (Å²) in [5.74, 6) is 0.510. The van der Waals surface area contributed by atoms with Crippen LogP contribution in [0.4, 0.5) is 9.52 Å². The van der Waals surface area contributed by atoms with Crippen molar-refractivity contribution in [1.29, 1.82) is 0 Å². The van der Waals surface area contributed by atoms with Crippen LogP contribution in [0.5, 0.6) is 0 Å². The quantitative estimate of drug-likeness (QED) is 0.626. The lowest BCUT2D eigenvalue weighted by Gasteiger charge is -2.34. The Morgan fingerprint density at radius 2 is 2.00 bits per heavy atom. The van der Waals surface area contributed by atoms with Crippen LogP contribution in [0.3, 0.4) is 0 Å². The molecule has 3 rings (SSSR count). The number of benzene rings is 1. The van der Waals surface area contributed by atoms with Crippen molar-refractivity contribution in [3.8, 4) is 0 Å². The van der Waals surface area contributed by atoms with Crippen molar-refractivity contribution in [3.63, 3.8) is 0 Å². The second-order valence-corrected chi connectivity index (χ2v) is 9.41. The van der Waals surface area contributed by atoms with E-state index in [4.69, 9.17) is 11.6 Å². The molecular formula is C21H30ClFN4S.